The second kappa shape index (κ2) is 5.35. The van der Waals surface area contributed by atoms with Crippen LogP contribution in [0.3, 0.4) is 0 Å². The predicted molar refractivity (Wildman–Crippen MR) is 58.5 cm³/mol. The van der Waals surface area contributed by atoms with Crippen LogP contribution in [0.4, 0.5) is 18.0 Å². The van der Waals surface area contributed by atoms with Gasteiger partial charge in [-0.25, -0.2) is 14.6 Å². The Kier molecular flexibility index (Phi) is 4.20. The largest absolute Gasteiger partial charge is 0.479 e. The fourth-order valence-electron chi connectivity index (χ4n) is 1.16. The van der Waals surface area contributed by atoms with Crippen LogP contribution in [-0.4, -0.2) is 56.0 Å². The van der Waals surface area contributed by atoms with Gasteiger partial charge in [-0.05, 0) is 6.92 Å². The number of nitrogens with one attached hydrogen (secondary N) is 2. The van der Waals surface area contributed by atoms with Gasteiger partial charge in [-0.2, -0.15) is 18.3 Å². The predicted octanol–water partition coefficient (Wildman–Crippen LogP) is 0.352. The quantitative estimate of drug-likeness (QED) is 0.742. The fourth-order valence-corrected chi connectivity index (χ4v) is 1.16. The third-order valence-electron chi connectivity index (χ3n) is 2.55. The number of carboxylic acids is 1. The van der Waals surface area contributed by atoms with Gasteiger partial charge < -0.3 is 15.3 Å². The van der Waals surface area contributed by atoms with E-state index < -0.39 is 23.7 Å². The molecule has 1 unspecified atom stereocenters. The summed E-state index contributed by atoms with van der Waals surface area (Å²) in [7, 11) is 1.19. The highest BCUT2D eigenvalue weighted by Crippen LogP contribution is 2.30. The first-order valence-corrected chi connectivity index (χ1v) is 5.25. The lowest BCUT2D eigenvalue weighted by Crippen LogP contribution is -2.63. The van der Waals surface area contributed by atoms with Gasteiger partial charge in [0.2, 0.25) is 5.54 Å². The van der Waals surface area contributed by atoms with E-state index in [0.717, 1.165) is 11.2 Å². The van der Waals surface area contributed by atoms with E-state index in [9.17, 15) is 22.8 Å². The van der Waals surface area contributed by atoms with E-state index >= 15 is 0 Å². The number of halogens is 3. The fraction of sp³-hybridized carbons (Fsp3) is 0.556. The van der Waals surface area contributed by atoms with Crippen molar-refractivity contribution in [1.29, 1.82) is 0 Å². The van der Waals surface area contributed by atoms with Gasteiger partial charge in [-0.3, -0.25) is 5.10 Å². The Morgan fingerprint density at radius 2 is 2.10 bits per heavy atom. The molecule has 0 aromatic carbocycles. The van der Waals surface area contributed by atoms with Gasteiger partial charge in [-0.1, -0.05) is 0 Å². The Morgan fingerprint density at radius 1 is 1.50 bits per heavy atom. The van der Waals surface area contributed by atoms with Gasteiger partial charge in [0, 0.05) is 7.05 Å². The Bertz CT molecular complexity index is 490. The average molecular weight is 295 g/mol. The molecule has 0 aliphatic carbocycles. The number of hydrogen-bond acceptors (Lipinski definition) is 4. The summed E-state index contributed by atoms with van der Waals surface area (Å²) in [5.41, 5.74) is -3.38. The van der Waals surface area contributed by atoms with Crippen molar-refractivity contribution >= 4 is 12.0 Å². The molecule has 112 valence electrons. The minimum Gasteiger partial charge on any atom is -0.479 e. The van der Waals surface area contributed by atoms with Crippen LogP contribution in [0, 0.1) is 0 Å². The van der Waals surface area contributed by atoms with Gasteiger partial charge in [0.1, 0.15) is 12.2 Å². The highest BCUT2D eigenvalue weighted by atomic mass is 19.4. The van der Waals surface area contributed by atoms with Crippen LogP contribution < -0.4 is 5.32 Å². The van der Waals surface area contributed by atoms with Crippen LogP contribution >= 0.6 is 0 Å². The molecule has 1 aromatic rings. The lowest BCUT2D eigenvalue weighted by molar-refractivity contribution is -0.203. The highest BCUT2D eigenvalue weighted by molar-refractivity contribution is 5.86. The lowest BCUT2D eigenvalue weighted by Gasteiger charge is -2.30. The molecule has 0 aliphatic heterocycles. The first kappa shape index (κ1) is 15.7. The van der Waals surface area contributed by atoms with Crippen LogP contribution in [0.15, 0.2) is 6.33 Å². The number of carboxylic acid groups (broad SMARTS) is 1. The SMILES string of the molecule is CN(Cc1ncn[nH]1)C(=O)NC(C)(C(=O)O)C(F)(F)F. The van der Waals surface area contributed by atoms with Crippen LogP contribution in [0.2, 0.25) is 0 Å². The summed E-state index contributed by atoms with van der Waals surface area (Å²) in [6.45, 7) is 0.217. The first-order valence-electron chi connectivity index (χ1n) is 5.25. The van der Waals surface area contributed by atoms with E-state index in [1.807, 2.05) is 0 Å². The average Bonchev–Trinajstić information content (AvgIpc) is 2.79. The van der Waals surface area contributed by atoms with Gasteiger partial charge in [0.15, 0.2) is 0 Å². The zero-order valence-electron chi connectivity index (χ0n) is 10.5. The Morgan fingerprint density at radius 3 is 2.50 bits per heavy atom. The number of hydrogen-bond donors (Lipinski definition) is 3. The van der Waals surface area contributed by atoms with Gasteiger partial charge in [-0.15, -0.1) is 0 Å². The van der Waals surface area contributed by atoms with Gasteiger partial charge >= 0.3 is 18.2 Å². The molecule has 0 aliphatic rings. The van der Waals surface area contributed by atoms with Crippen molar-refractivity contribution in [2.75, 3.05) is 7.05 Å². The molecule has 8 nitrogen and oxygen atoms in total. The molecule has 1 atom stereocenters. The summed E-state index contributed by atoms with van der Waals surface area (Å²) in [5, 5.41) is 16.0. The van der Waals surface area contributed by atoms with Crippen molar-refractivity contribution in [1.82, 2.24) is 25.4 Å². The summed E-state index contributed by atoms with van der Waals surface area (Å²) in [6, 6.07) is -1.20. The molecule has 3 N–H and O–H groups in total. The molecule has 0 fully saturated rings. The standard InChI is InChI=1S/C9H12F3N5O3/c1-8(6(18)19,9(10,11)12)15-7(20)17(2)3-5-13-4-14-16-5/h4H,3H2,1-2H3,(H,15,20)(H,18,19)(H,13,14,16). The third-order valence-corrected chi connectivity index (χ3v) is 2.55. The Balaban J connectivity index is 2.79. The number of alkyl halides is 3. The number of amides is 2. The summed E-state index contributed by atoms with van der Waals surface area (Å²) in [5.74, 6) is -1.96. The maximum absolute atomic E-state index is 12.7. The molecule has 20 heavy (non-hydrogen) atoms. The monoisotopic (exact) mass is 295 g/mol. The van der Waals surface area contributed by atoms with Crippen molar-refractivity contribution in [2.24, 2.45) is 0 Å². The maximum atomic E-state index is 12.7. The van der Waals surface area contributed by atoms with E-state index in [2.05, 4.69) is 15.2 Å². The second-order valence-electron chi connectivity index (χ2n) is 4.15. The minimum atomic E-state index is -5.14. The number of aromatic amines is 1. The van der Waals surface area contributed by atoms with E-state index in [1.165, 1.54) is 12.4 Å². The maximum Gasteiger partial charge on any atom is 0.422 e. The van der Waals surface area contributed by atoms with Crippen LogP contribution in [0.5, 0.6) is 0 Å². The summed E-state index contributed by atoms with van der Waals surface area (Å²) >= 11 is 0. The minimum absolute atomic E-state index is 0.153. The number of nitrogens with zero attached hydrogens (tertiary/aromatic N) is 3. The zero-order chi connectivity index (χ0) is 15.6. The van der Waals surface area contributed by atoms with E-state index in [-0.39, 0.29) is 12.4 Å². The molecule has 1 rings (SSSR count). The number of rotatable bonds is 4. The third kappa shape index (κ3) is 3.16. The second-order valence-corrected chi connectivity index (χ2v) is 4.15. The first-order chi connectivity index (χ1) is 9.08. The van der Waals surface area contributed by atoms with Crippen LogP contribution in [0.1, 0.15) is 12.7 Å². The number of carbonyl (C=O) groups is 2. The molecule has 0 saturated heterocycles. The van der Waals surface area contributed by atoms with Crippen LogP contribution in [-0.2, 0) is 11.3 Å². The number of aliphatic carboxylic acids is 1. The van der Waals surface area contributed by atoms with E-state index in [4.69, 9.17) is 5.11 Å². The smallest absolute Gasteiger partial charge is 0.422 e. The highest BCUT2D eigenvalue weighted by Gasteiger charge is 2.58. The Hall–Kier alpha value is -2.33. The van der Waals surface area contributed by atoms with Gasteiger partial charge in [0.25, 0.3) is 0 Å². The van der Waals surface area contributed by atoms with E-state index in [1.54, 1.807) is 0 Å². The number of urea groups is 1. The molecule has 0 spiro atoms. The van der Waals surface area contributed by atoms with Crippen molar-refractivity contribution in [2.45, 2.75) is 25.2 Å². The zero-order valence-corrected chi connectivity index (χ0v) is 10.5. The van der Waals surface area contributed by atoms with Crippen LogP contribution in [0.25, 0.3) is 0 Å². The topological polar surface area (TPSA) is 111 Å². The summed E-state index contributed by atoms with van der Waals surface area (Å²) in [6.07, 6.45) is -3.97. The molecule has 0 bridgehead atoms. The molecule has 0 radical (unpaired) electrons. The molecule has 1 heterocycles. The lowest BCUT2D eigenvalue weighted by atomic mass is 10.0. The summed E-state index contributed by atoms with van der Waals surface area (Å²) < 4.78 is 38.1. The van der Waals surface area contributed by atoms with Crippen molar-refractivity contribution in [3.8, 4) is 0 Å². The van der Waals surface area contributed by atoms with E-state index in [0.29, 0.717) is 6.92 Å². The van der Waals surface area contributed by atoms with Crippen molar-refractivity contribution in [3.63, 3.8) is 0 Å². The molecule has 1 aromatic heterocycles. The number of H-pyrrole nitrogens is 1. The number of aromatic nitrogens is 3. The molecule has 11 heteroatoms. The normalized spacial score (nSPS) is 14.4. The number of carbonyl (C=O) groups excluding carboxylic acids is 1. The van der Waals surface area contributed by atoms with Gasteiger partial charge in [0.05, 0.1) is 6.54 Å². The molecule has 2 amide bonds. The summed E-state index contributed by atoms with van der Waals surface area (Å²) in [4.78, 5) is 26.9. The van der Waals surface area contributed by atoms with Crippen molar-refractivity contribution < 1.29 is 27.9 Å². The molecule has 0 saturated carbocycles. The molecular weight excluding hydrogens is 283 g/mol. The Labute approximate surface area is 111 Å². The van der Waals surface area contributed by atoms with Crippen molar-refractivity contribution in [3.05, 3.63) is 12.2 Å². The molecular formula is C9H12F3N5O3.